The van der Waals surface area contributed by atoms with Crippen molar-refractivity contribution in [2.24, 2.45) is 0 Å². The number of carbonyl (C=O) groups is 1. The van der Waals surface area contributed by atoms with E-state index < -0.39 is 0 Å². The molecule has 1 saturated heterocycles. The summed E-state index contributed by atoms with van der Waals surface area (Å²) in [6.07, 6.45) is 3.74. The Morgan fingerprint density at radius 1 is 1.53 bits per heavy atom. The van der Waals surface area contributed by atoms with Crippen LogP contribution in [-0.4, -0.2) is 41.0 Å². The van der Waals surface area contributed by atoms with E-state index in [1.54, 1.807) is 6.20 Å². The van der Waals surface area contributed by atoms with E-state index >= 15 is 0 Å². The molecule has 0 atom stereocenters. The summed E-state index contributed by atoms with van der Waals surface area (Å²) in [6, 6.07) is 0.909. The molecule has 1 amide bonds. The Balaban J connectivity index is 1.80. The van der Waals surface area contributed by atoms with Crippen LogP contribution in [0.3, 0.4) is 0 Å². The van der Waals surface area contributed by atoms with Crippen molar-refractivity contribution in [2.75, 3.05) is 13.1 Å². The van der Waals surface area contributed by atoms with Crippen molar-refractivity contribution in [3.8, 4) is 0 Å². The zero-order valence-corrected chi connectivity index (χ0v) is 11.2. The van der Waals surface area contributed by atoms with Crippen LogP contribution in [0.5, 0.6) is 0 Å². The van der Waals surface area contributed by atoms with Gasteiger partial charge in [-0.25, -0.2) is 4.98 Å². The molecule has 2 rings (SSSR count). The van der Waals surface area contributed by atoms with Crippen LogP contribution in [-0.2, 0) is 0 Å². The third kappa shape index (κ3) is 3.26. The van der Waals surface area contributed by atoms with Crippen molar-refractivity contribution in [2.45, 2.75) is 38.8 Å². The van der Waals surface area contributed by atoms with E-state index in [1.807, 2.05) is 5.38 Å². The molecule has 0 spiro atoms. The monoisotopic (exact) mass is 253 g/mol. The Bertz CT molecular complexity index is 356. The molecule has 1 aromatic heterocycles. The Morgan fingerprint density at radius 2 is 2.24 bits per heavy atom. The standard InChI is InChI=1S/C12H19N3OS/c1-9(2)15-6-3-10(4-7-15)14-11(16)12-13-5-8-17-12/h5,8-10H,3-4,6-7H2,1-2H3,(H,14,16). The number of piperidine rings is 1. The van der Waals surface area contributed by atoms with Crippen LogP contribution in [0, 0.1) is 0 Å². The number of hydrogen-bond acceptors (Lipinski definition) is 4. The predicted octanol–water partition coefficient (Wildman–Crippen LogP) is 1.75. The Hall–Kier alpha value is -0.940. The van der Waals surface area contributed by atoms with E-state index in [4.69, 9.17) is 0 Å². The highest BCUT2D eigenvalue weighted by Gasteiger charge is 2.22. The molecule has 1 aromatic rings. The van der Waals surface area contributed by atoms with Gasteiger partial charge in [0.15, 0.2) is 5.01 Å². The molecule has 0 aliphatic carbocycles. The van der Waals surface area contributed by atoms with Gasteiger partial charge >= 0.3 is 0 Å². The average molecular weight is 253 g/mol. The van der Waals surface area contributed by atoms with E-state index in [9.17, 15) is 4.79 Å². The molecule has 1 fully saturated rings. The number of carbonyl (C=O) groups excluding carboxylic acids is 1. The van der Waals surface area contributed by atoms with Crippen molar-refractivity contribution >= 4 is 17.2 Å². The summed E-state index contributed by atoms with van der Waals surface area (Å²) < 4.78 is 0. The Kier molecular flexibility index (Phi) is 4.12. The highest BCUT2D eigenvalue weighted by atomic mass is 32.1. The average Bonchev–Trinajstić information content (AvgIpc) is 2.83. The van der Waals surface area contributed by atoms with Gasteiger partial charge in [0.2, 0.25) is 0 Å². The van der Waals surface area contributed by atoms with Gasteiger partial charge in [-0.3, -0.25) is 4.79 Å². The van der Waals surface area contributed by atoms with Gasteiger partial charge in [-0.1, -0.05) is 0 Å². The van der Waals surface area contributed by atoms with Gasteiger partial charge < -0.3 is 10.2 Å². The largest absolute Gasteiger partial charge is 0.347 e. The third-order valence-electron chi connectivity index (χ3n) is 3.22. The van der Waals surface area contributed by atoms with Crippen LogP contribution in [0.25, 0.3) is 0 Å². The third-order valence-corrected chi connectivity index (χ3v) is 3.99. The minimum Gasteiger partial charge on any atom is -0.347 e. The first-order valence-corrected chi connectivity index (χ1v) is 6.99. The molecule has 1 N–H and O–H groups in total. The lowest BCUT2D eigenvalue weighted by Crippen LogP contribution is -2.46. The quantitative estimate of drug-likeness (QED) is 0.892. The number of rotatable bonds is 3. The van der Waals surface area contributed by atoms with Gasteiger partial charge in [-0.2, -0.15) is 0 Å². The molecule has 17 heavy (non-hydrogen) atoms. The normalized spacial score (nSPS) is 18.5. The number of nitrogens with one attached hydrogen (secondary N) is 1. The predicted molar refractivity (Wildman–Crippen MR) is 69.3 cm³/mol. The van der Waals surface area contributed by atoms with Gasteiger partial charge in [-0.05, 0) is 26.7 Å². The molecule has 94 valence electrons. The van der Waals surface area contributed by atoms with E-state index in [0.717, 1.165) is 25.9 Å². The first-order valence-electron chi connectivity index (χ1n) is 6.11. The van der Waals surface area contributed by atoms with Gasteiger partial charge in [0.05, 0.1) is 0 Å². The second-order valence-electron chi connectivity index (χ2n) is 4.71. The van der Waals surface area contributed by atoms with Crippen LogP contribution < -0.4 is 5.32 Å². The number of likely N-dealkylation sites (tertiary alicyclic amines) is 1. The highest BCUT2D eigenvalue weighted by molar-refractivity contribution is 7.11. The summed E-state index contributed by atoms with van der Waals surface area (Å²) in [5.41, 5.74) is 0. The van der Waals surface area contributed by atoms with E-state index in [-0.39, 0.29) is 5.91 Å². The van der Waals surface area contributed by atoms with Crippen molar-refractivity contribution in [1.29, 1.82) is 0 Å². The Labute approximate surface area is 106 Å². The fourth-order valence-electron chi connectivity index (χ4n) is 2.14. The number of amides is 1. The molecule has 0 bridgehead atoms. The summed E-state index contributed by atoms with van der Waals surface area (Å²) in [5, 5.41) is 5.46. The molecule has 1 aliphatic rings. The summed E-state index contributed by atoms with van der Waals surface area (Å²) in [5.74, 6) is -0.0250. The van der Waals surface area contributed by atoms with E-state index in [0.29, 0.717) is 17.1 Å². The van der Waals surface area contributed by atoms with Crippen LogP contribution in [0.15, 0.2) is 11.6 Å². The zero-order chi connectivity index (χ0) is 12.3. The van der Waals surface area contributed by atoms with E-state index in [2.05, 4.69) is 29.0 Å². The summed E-state index contributed by atoms with van der Waals surface area (Å²) >= 11 is 1.39. The molecule has 0 radical (unpaired) electrons. The smallest absolute Gasteiger partial charge is 0.280 e. The maximum absolute atomic E-state index is 11.8. The number of hydrogen-bond donors (Lipinski definition) is 1. The minimum absolute atomic E-state index is 0.0250. The van der Waals surface area contributed by atoms with E-state index in [1.165, 1.54) is 11.3 Å². The molecule has 0 saturated carbocycles. The SMILES string of the molecule is CC(C)N1CCC(NC(=O)c2nccs2)CC1. The summed E-state index contributed by atoms with van der Waals surface area (Å²) in [6.45, 7) is 6.57. The van der Waals surface area contributed by atoms with Crippen molar-refractivity contribution in [1.82, 2.24) is 15.2 Å². The Morgan fingerprint density at radius 3 is 2.76 bits per heavy atom. The van der Waals surface area contributed by atoms with Crippen LogP contribution in [0.1, 0.15) is 36.5 Å². The van der Waals surface area contributed by atoms with Crippen LogP contribution >= 0.6 is 11.3 Å². The minimum atomic E-state index is -0.0250. The zero-order valence-electron chi connectivity index (χ0n) is 10.3. The topological polar surface area (TPSA) is 45.2 Å². The van der Waals surface area contributed by atoms with Crippen molar-refractivity contribution in [3.05, 3.63) is 16.6 Å². The van der Waals surface area contributed by atoms with Crippen LogP contribution in [0.4, 0.5) is 0 Å². The number of thiazole rings is 1. The molecule has 2 heterocycles. The number of nitrogens with zero attached hydrogens (tertiary/aromatic N) is 2. The molecular formula is C12H19N3OS. The first kappa shape index (κ1) is 12.5. The lowest BCUT2D eigenvalue weighted by molar-refractivity contribution is 0.0900. The molecular weight excluding hydrogens is 234 g/mol. The molecule has 1 aliphatic heterocycles. The lowest BCUT2D eigenvalue weighted by Gasteiger charge is -2.34. The maximum atomic E-state index is 11.8. The van der Waals surface area contributed by atoms with Gasteiger partial charge in [-0.15, -0.1) is 11.3 Å². The second-order valence-corrected chi connectivity index (χ2v) is 5.61. The van der Waals surface area contributed by atoms with Gasteiger partial charge in [0, 0.05) is 36.8 Å². The maximum Gasteiger partial charge on any atom is 0.280 e. The van der Waals surface area contributed by atoms with Gasteiger partial charge in [0.1, 0.15) is 0 Å². The summed E-state index contributed by atoms with van der Waals surface area (Å²) in [7, 11) is 0. The fraction of sp³-hybridized carbons (Fsp3) is 0.667. The first-order chi connectivity index (χ1) is 8.16. The van der Waals surface area contributed by atoms with Crippen molar-refractivity contribution < 1.29 is 4.79 Å². The molecule has 0 unspecified atom stereocenters. The van der Waals surface area contributed by atoms with Crippen molar-refractivity contribution in [3.63, 3.8) is 0 Å². The van der Waals surface area contributed by atoms with Gasteiger partial charge in [0.25, 0.3) is 5.91 Å². The fourth-order valence-corrected chi connectivity index (χ4v) is 2.68. The summed E-state index contributed by atoms with van der Waals surface area (Å²) in [4.78, 5) is 18.3. The highest BCUT2D eigenvalue weighted by Crippen LogP contribution is 2.14. The molecule has 0 aromatic carbocycles. The lowest BCUT2D eigenvalue weighted by atomic mass is 10.0. The van der Waals surface area contributed by atoms with Crippen LogP contribution in [0.2, 0.25) is 0 Å². The number of aromatic nitrogens is 1. The second kappa shape index (κ2) is 5.60. The molecule has 4 nitrogen and oxygen atoms in total. The molecule has 5 heteroatoms.